The lowest BCUT2D eigenvalue weighted by Gasteiger charge is -2.34. The van der Waals surface area contributed by atoms with Gasteiger partial charge in [-0.1, -0.05) is 0 Å². The number of benzene rings is 1. The van der Waals surface area contributed by atoms with Crippen molar-refractivity contribution < 1.29 is 28.9 Å². The first-order valence-electron chi connectivity index (χ1n) is 9.40. The third-order valence-electron chi connectivity index (χ3n) is 5.28. The first-order valence-corrected chi connectivity index (χ1v) is 9.40. The fourth-order valence-corrected chi connectivity index (χ4v) is 3.46. The quantitative estimate of drug-likeness (QED) is 0.727. The Morgan fingerprint density at radius 1 is 1.11 bits per heavy atom. The van der Waals surface area contributed by atoms with Crippen molar-refractivity contribution in [1.82, 2.24) is 10.2 Å². The predicted octanol–water partition coefficient (Wildman–Crippen LogP) is 1.45. The fourth-order valence-electron chi connectivity index (χ4n) is 3.46. The van der Waals surface area contributed by atoms with Gasteiger partial charge in [0, 0.05) is 31.6 Å². The van der Waals surface area contributed by atoms with Crippen molar-refractivity contribution in [2.24, 2.45) is 5.92 Å². The molecule has 1 fully saturated rings. The zero-order valence-corrected chi connectivity index (χ0v) is 17.2. The molecule has 0 heterocycles. The van der Waals surface area contributed by atoms with Crippen LogP contribution in [0, 0.1) is 5.92 Å². The Labute approximate surface area is 165 Å². The van der Waals surface area contributed by atoms with Gasteiger partial charge >= 0.3 is 0 Å². The van der Waals surface area contributed by atoms with Gasteiger partial charge in [-0.3, -0.25) is 9.59 Å². The number of aliphatic hydroxyl groups is 1. The molecule has 1 saturated carbocycles. The van der Waals surface area contributed by atoms with Gasteiger partial charge in [0.1, 0.15) is 5.75 Å². The van der Waals surface area contributed by atoms with E-state index >= 15 is 0 Å². The van der Waals surface area contributed by atoms with E-state index in [2.05, 4.69) is 5.32 Å². The summed E-state index contributed by atoms with van der Waals surface area (Å²) in [7, 11) is 6.21. The number of carbonyl (C=O) groups excluding carboxylic acids is 2. The van der Waals surface area contributed by atoms with E-state index in [0.717, 1.165) is 0 Å². The zero-order valence-electron chi connectivity index (χ0n) is 17.2. The number of nitrogens with zero attached hydrogens (tertiary/aromatic N) is 1. The molecule has 1 aliphatic rings. The molecular weight excluding hydrogens is 364 g/mol. The lowest BCUT2D eigenvalue weighted by molar-refractivity contribution is -0.136. The minimum absolute atomic E-state index is 0.0351. The second kappa shape index (κ2) is 9.64. The second-order valence-corrected chi connectivity index (χ2v) is 6.92. The van der Waals surface area contributed by atoms with E-state index in [4.69, 9.17) is 14.2 Å². The van der Waals surface area contributed by atoms with Gasteiger partial charge in [0.25, 0.3) is 5.91 Å². The summed E-state index contributed by atoms with van der Waals surface area (Å²) in [5.41, 5.74) is 0.288. The summed E-state index contributed by atoms with van der Waals surface area (Å²) in [4.78, 5) is 26.8. The standard InChI is InChI=1S/C20H30N2O6/c1-6-22(2)20(25)12-7-8-14(15(23)9-12)21-19(24)13-10-17(27-4)18(28-5)11-16(13)26-3/h10-12,14-15,23H,6-9H2,1-5H3,(H,21,24)/t12-,14-,15-/m0/s1. The Kier molecular flexibility index (Phi) is 7.51. The predicted molar refractivity (Wildman–Crippen MR) is 104 cm³/mol. The maximum absolute atomic E-state index is 12.8. The molecule has 8 heteroatoms. The van der Waals surface area contributed by atoms with Crippen molar-refractivity contribution >= 4 is 11.8 Å². The molecule has 0 radical (unpaired) electrons. The van der Waals surface area contributed by atoms with Crippen LogP contribution in [-0.2, 0) is 4.79 Å². The molecule has 0 aromatic heterocycles. The van der Waals surface area contributed by atoms with Gasteiger partial charge < -0.3 is 29.5 Å². The van der Waals surface area contributed by atoms with E-state index in [0.29, 0.717) is 43.1 Å². The van der Waals surface area contributed by atoms with E-state index in [1.54, 1.807) is 24.1 Å². The Morgan fingerprint density at radius 2 is 1.71 bits per heavy atom. The summed E-state index contributed by atoms with van der Waals surface area (Å²) in [6.45, 7) is 2.54. The molecule has 2 rings (SSSR count). The minimum Gasteiger partial charge on any atom is -0.496 e. The molecule has 1 aliphatic carbocycles. The van der Waals surface area contributed by atoms with E-state index < -0.39 is 12.1 Å². The van der Waals surface area contributed by atoms with E-state index in [9.17, 15) is 14.7 Å². The van der Waals surface area contributed by atoms with Crippen molar-refractivity contribution in [3.05, 3.63) is 17.7 Å². The summed E-state index contributed by atoms with van der Waals surface area (Å²) in [6, 6.07) is 2.70. The van der Waals surface area contributed by atoms with Crippen molar-refractivity contribution in [2.75, 3.05) is 34.9 Å². The summed E-state index contributed by atoms with van der Waals surface area (Å²) in [5.74, 6) is 0.646. The third kappa shape index (κ3) is 4.67. The molecule has 0 bridgehead atoms. The number of amides is 2. The smallest absolute Gasteiger partial charge is 0.255 e. The molecule has 0 aliphatic heterocycles. The minimum atomic E-state index is -0.789. The molecule has 0 spiro atoms. The average Bonchev–Trinajstić information content (AvgIpc) is 2.72. The van der Waals surface area contributed by atoms with Crippen LogP contribution in [0.25, 0.3) is 0 Å². The van der Waals surface area contributed by atoms with Gasteiger partial charge in [-0.25, -0.2) is 0 Å². The normalized spacial score (nSPS) is 21.6. The van der Waals surface area contributed by atoms with Gasteiger partial charge in [-0.15, -0.1) is 0 Å². The highest BCUT2D eigenvalue weighted by molar-refractivity contribution is 5.98. The number of rotatable bonds is 7. The SMILES string of the molecule is CCN(C)C(=O)[C@H]1CC[C@H](NC(=O)c2cc(OC)c(OC)cc2OC)[C@@H](O)C1. The molecule has 3 atom stereocenters. The van der Waals surface area contributed by atoms with Crippen LogP contribution in [0.3, 0.4) is 0 Å². The number of methoxy groups -OCH3 is 3. The van der Waals surface area contributed by atoms with Crippen LogP contribution in [0.15, 0.2) is 12.1 Å². The topological polar surface area (TPSA) is 97.3 Å². The number of hydrogen-bond donors (Lipinski definition) is 2. The van der Waals surface area contributed by atoms with E-state index in [1.165, 1.54) is 21.3 Å². The maximum atomic E-state index is 12.8. The highest BCUT2D eigenvalue weighted by atomic mass is 16.5. The monoisotopic (exact) mass is 394 g/mol. The summed E-state index contributed by atoms with van der Waals surface area (Å²) in [6.07, 6.45) is 0.685. The Balaban J connectivity index is 2.10. The molecule has 8 nitrogen and oxygen atoms in total. The zero-order chi connectivity index (χ0) is 20.8. The number of carbonyl (C=O) groups is 2. The molecule has 0 saturated heterocycles. The highest BCUT2D eigenvalue weighted by Crippen LogP contribution is 2.35. The summed E-state index contributed by atoms with van der Waals surface area (Å²) >= 11 is 0. The lowest BCUT2D eigenvalue weighted by atomic mass is 9.83. The van der Waals surface area contributed by atoms with Crippen molar-refractivity contribution in [3.63, 3.8) is 0 Å². The Hall–Kier alpha value is -2.48. The van der Waals surface area contributed by atoms with Crippen molar-refractivity contribution in [2.45, 2.75) is 38.3 Å². The largest absolute Gasteiger partial charge is 0.496 e. The van der Waals surface area contributed by atoms with Gasteiger partial charge in [0.05, 0.1) is 39.0 Å². The molecule has 2 N–H and O–H groups in total. The van der Waals surface area contributed by atoms with Crippen LogP contribution in [0.2, 0.25) is 0 Å². The maximum Gasteiger partial charge on any atom is 0.255 e. The van der Waals surface area contributed by atoms with E-state index in [1.807, 2.05) is 6.92 Å². The van der Waals surface area contributed by atoms with Crippen molar-refractivity contribution in [3.8, 4) is 17.2 Å². The molecule has 0 unspecified atom stereocenters. The van der Waals surface area contributed by atoms with E-state index in [-0.39, 0.29) is 23.3 Å². The highest BCUT2D eigenvalue weighted by Gasteiger charge is 2.35. The molecule has 1 aromatic carbocycles. The Bertz CT molecular complexity index is 708. The van der Waals surface area contributed by atoms with Gasteiger partial charge in [0.15, 0.2) is 11.5 Å². The third-order valence-corrected chi connectivity index (χ3v) is 5.28. The number of aliphatic hydroxyl groups excluding tert-OH is 1. The Morgan fingerprint density at radius 3 is 2.25 bits per heavy atom. The van der Waals surface area contributed by atoms with Crippen LogP contribution >= 0.6 is 0 Å². The molecular formula is C20H30N2O6. The number of ether oxygens (including phenoxy) is 3. The first kappa shape index (κ1) is 21.8. The lowest BCUT2D eigenvalue weighted by Crippen LogP contribution is -2.49. The number of nitrogens with one attached hydrogen (secondary N) is 1. The van der Waals surface area contributed by atoms with Crippen LogP contribution in [-0.4, -0.2) is 68.9 Å². The molecule has 2 amide bonds. The number of hydrogen-bond acceptors (Lipinski definition) is 6. The van der Waals surface area contributed by atoms with Crippen LogP contribution < -0.4 is 19.5 Å². The summed E-state index contributed by atoms with van der Waals surface area (Å²) in [5, 5.41) is 13.3. The van der Waals surface area contributed by atoms with Crippen LogP contribution in [0.4, 0.5) is 0 Å². The van der Waals surface area contributed by atoms with Gasteiger partial charge in [0.2, 0.25) is 5.91 Å². The van der Waals surface area contributed by atoms with Crippen molar-refractivity contribution in [1.29, 1.82) is 0 Å². The summed E-state index contributed by atoms with van der Waals surface area (Å²) < 4.78 is 15.8. The van der Waals surface area contributed by atoms with Gasteiger partial charge in [-0.2, -0.15) is 0 Å². The molecule has 156 valence electrons. The fraction of sp³-hybridized carbons (Fsp3) is 0.600. The van der Waals surface area contributed by atoms with Crippen LogP contribution in [0.1, 0.15) is 36.5 Å². The van der Waals surface area contributed by atoms with Gasteiger partial charge in [-0.05, 0) is 26.2 Å². The molecule has 28 heavy (non-hydrogen) atoms. The van der Waals surface area contributed by atoms with Crippen LogP contribution in [0.5, 0.6) is 17.2 Å². The molecule has 1 aromatic rings. The average molecular weight is 394 g/mol. The second-order valence-electron chi connectivity index (χ2n) is 6.92. The first-order chi connectivity index (χ1) is 13.4.